The summed E-state index contributed by atoms with van der Waals surface area (Å²) >= 11 is 0. The van der Waals surface area contributed by atoms with Crippen LogP contribution in [0.1, 0.15) is 70.2 Å². The largest absolute Gasteiger partial charge is 0.497 e. The van der Waals surface area contributed by atoms with E-state index in [9.17, 15) is 9.59 Å². The first kappa shape index (κ1) is 23.8. The lowest BCUT2D eigenvalue weighted by Gasteiger charge is -2.27. The molecule has 0 radical (unpaired) electrons. The average molecular weight is 468 g/mol. The predicted octanol–water partition coefficient (Wildman–Crippen LogP) is 4.41. The molecule has 4 rings (SSSR count). The summed E-state index contributed by atoms with van der Waals surface area (Å²) in [5.74, 6) is 1.94. The molecule has 3 aromatic rings. The zero-order chi connectivity index (χ0) is 24.2. The highest BCUT2D eigenvalue weighted by molar-refractivity contribution is 5.93. The first-order valence-corrected chi connectivity index (χ1v) is 12.0. The van der Waals surface area contributed by atoms with Crippen molar-refractivity contribution < 1.29 is 14.3 Å². The van der Waals surface area contributed by atoms with E-state index in [1.807, 2.05) is 4.68 Å². The van der Waals surface area contributed by atoms with E-state index in [1.165, 1.54) is 0 Å². The number of nitrogens with zero attached hydrogens (tertiary/aromatic N) is 3. The lowest BCUT2D eigenvalue weighted by atomic mass is 9.81. The number of benzene rings is 1. The van der Waals surface area contributed by atoms with E-state index in [2.05, 4.69) is 29.2 Å². The van der Waals surface area contributed by atoms with Gasteiger partial charge in [-0.15, -0.1) is 0 Å². The number of H-pyrrole nitrogens is 1. The van der Waals surface area contributed by atoms with E-state index >= 15 is 0 Å². The number of carbonyl (C=O) groups excluding carboxylic acids is 1. The Morgan fingerprint density at radius 1 is 1.12 bits per heavy atom. The van der Waals surface area contributed by atoms with Gasteiger partial charge >= 0.3 is 0 Å². The van der Waals surface area contributed by atoms with Gasteiger partial charge in [-0.2, -0.15) is 5.10 Å². The summed E-state index contributed by atoms with van der Waals surface area (Å²) in [6, 6.07) is 5.53. The molecule has 0 aliphatic heterocycles. The van der Waals surface area contributed by atoms with Gasteiger partial charge < -0.3 is 19.8 Å². The molecular weight excluding hydrogens is 434 g/mol. The maximum Gasteiger partial charge on any atom is 0.262 e. The van der Waals surface area contributed by atoms with Gasteiger partial charge in [-0.05, 0) is 38.5 Å². The van der Waals surface area contributed by atoms with Crippen molar-refractivity contribution in [2.75, 3.05) is 19.5 Å². The molecule has 1 aliphatic rings. The number of ether oxygens (including phenoxy) is 2. The molecule has 34 heavy (non-hydrogen) atoms. The van der Waals surface area contributed by atoms with Crippen LogP contribution in [0.2, 0.25) is 0 Å². The third kappa shape index (κ3) is 4.78. The van der Waals surface area contributed by atoms with Gasteiger partial charge in [0.25, 0.3) is 5.56 Å². The molecule has 1 fully saturated rings. The monoisotopic (exact) mass is 467 g/mol. The summed E-state index contributed by atoms with van der Waals surface area (Å²) < 4.78 is 12.5. The zero-order valence-electron chi connectivity index (χ0n) is 20.3. The van der Waals surface area contributed by atoms with E-state index in [1.54, 1.807) is 38.6 Å². The number of hydrogen-bond donors (Lipinski definition) is 2. The number of aromatic nitrogens is 4. The number of nitrogens with one attached hydrogen (secondary N) is 2. The highest BCUT2D eigenvalue weighted by Crippen LogP contribution is 2.35. The second-order valence-corrected chi connectivity index (χ2v) is 8.89. The number of carbonyl (C=O) groups is 1. The van der Waals surface area contributed by atoms with Crippen molar-refractivity contribution in [2.45, 2.75) is 64.3 Å². The average Bonchev–Trinajstić information content (AvgIpc) is 3.29. The van der Waals surface area contributed by atoms with Crippen LogP contribution in [0.15, 0.2) is 29.2 Å². The van der Waals surface area contributed by atoms with Gasteiger partial charge in [0, 0.05) is 35.7 Å². The molecule has 2 aromatic heterocycles. The fourth-order valence-corrected chi connectivity index (χ4v) is 4.80. The Labute approximate surface area is 198 Å². The van der Waals surface area contributed by atoms with Crippen molar-refractivity contribution in [1.29, 1.82) is 0 Å². The van der Waals surface area contributed by atoms with Gasteiger partial charge in [0.2, 0.25) is 5.91 Å². The molecule has 1 aromatic carbocycles. The first-order chi connectivity index (χ1) is 16.5. The van der Waals surface area contributed by atoms with Crippen LogP contribution in [0, 0.1) is 5.92 Å². The fourth-order valence-electron chi connectivity index (χ4n) is 4.80. The van der Waals surface area contributed by atoms with Gasteiger partial charge in [0.1, 0.15) is 22.7 Å². The smallest absolute Gasteiger partial charge is 0.262 e. The maximum atomic E-state index is 12.9. The molecule has 9 nitrogen and oxygen atoms in total. The lowest BCUT2D eigenvalue weighted by Crippen LogP contribution is -2.28. The summed E-state index contributed by atoms with van der Waals surface area (Å²) in [5, 5.41) is 7.97. The second-order valence-electron chi connectivity index (χ2n) is 8.89. The van der Waals surface area contributed by atoms with Crippen molar-refractivity contribution in [3.63, 3.8) is 0 Å². The van der Waals surface area contributed by atoms with E-state index < -0.39 is 0 Å². The predicted molar refractivity (Wildman–Crippen MR) is 131 cm³/mol. The zero-order valence-corrected chi connectivity index (χ0v) is 20.3. The minimum absolute atomic E-state index is 0.0162. The molecular formula is C25H33N5O4. The fraction of sp³-hybridized carbons (Fsp3) is 0.520. The summed E-state index contributed by atoms with van der Waals surface area (Å²) in [6.07, 6.45) is 6.49. The van der Waals surface area contributed by atoms with E-state index in [-0.39, 0.29) is 29.3 Å². The summed E-state index contributed by atoms with van der Waals surface area (Å²) in [5.41, 5.74) is 1.15. The lowest BCUT2D eigenvalue weighted by molar-refractivity contribution is -0.120. The van der Waals surface area contributed by atoms with Crippen LogP contribution in [0.3, 0.4) is 0 Å². The van der Waals surface area contributed by atoms with Crippen molar-refractivity contribution in [3.05, 3.63) is 40.6 Å². The minimum Gasteiger partial charge on any atom is -0.497 e. The minimum atomic E-state index is -0.149. The molecule has 2 N–H and O–H groups in total. The summed E-state index contributed by atoms with van der Waals surface area (Å²) in [4.78, 5) is 33.4. The van der Waals surface area contributed by atoms with Crippen LogP contribution in [0.25, 0.3) is 11.0 Å². The standard InChI is InChI=1S/C25H33N5O4/c1-5-18(6-2)30-23-21(14-26-30)25(32)29-22(28-23)15-7-9-16(10-8-15)24(31)27-17-11-19(33-3)13-20(12-17)34-4/h11-16,18H,5-10H2,1-4H3,(H,27,31)(H,28,29,32). The molecule has 0 saturated heterocycles. The van der Waals surface area contributed by atoms with E-state index in [4.69, 9.17) is 14.5 Å². The van der Waals surface area contributed by atoms with Gasteiger partial charge in [-0.3, -0.25) is 9.59 Å². The Kier molecular flexibility index (Phi) is 7.19. The Hall–Kier alpha value is -3.36. The topological polar surface area (TPSA) is 111 Å². The molecule has 0 unspecified atom stereocenters. The van der Waals surface area contributed by atoms with Gasteiger partial charge in [0.05, 0.1) is 26.5 Å². The van der Waals surface area contributed by atoms with Gasteiger partial charge in [-0.1, -0.05) is 13.8 Å². The van der Waals surface area contributed by atoms with Crippen LogP contribution in [0.5, 0.6) is 11.5 Å². The normalized spacial score (nSPS) is 18.3. The SMILES string of the molecule is CCC(CC)n1ncc2c(=O)[nH]c(C3CCC(C(=O)Nc4cc(OC)cc(OC)c4)CC3)nc21. The molecule has 1 aliphatic carbocycles. The molecule has 0 atom stereocenters. The Bertz CT molecular complexity index is 1180. The number of amides is 1. The van der Waals surface area contributed by atoms with Crippen molar-refractivity contribution in [3.8, 4) is 11.5 Å². The third-order valence-corrected chi connectivity index (χ3v) is 6.87. The van der Waals surface area contributed by atoms with Crippen LogP contribution < -0.4 is 20.3 Å². The highest BCUT2D eigenvalue weighted by atomic mass is 16.5. The summed E-state index contributed by atoms with van der Waals surface area (Å²) in [7, 11) is 3.16. The van der Waals surface area contributed by atoms with Crippen LogP contribution >= 0.6 is 0 Å². The third-order valence-electron chi connectivity index (χ3n) is 6.87. The van der Waals surface area contributed by atoms with Crippen LogP contribution in [0.4, 0.5) is 5.69 Å². The second kappa shape index (κ2) is 10.3. The molecule has 0 bridgehead atoms. The Morgan fingerprint density at radius 3 is 2.35 bits per heavy atom. The quantitative estimate of drug-likeness (QED) is 0.508. The van der Waals surface area contributed by atoms with Crippen molar-refractivity contribution in [2.24, 2.45) is 5.92 Å². The summed E-state index contributed by atoms with van der Waals surface area (Å²) in [6.45, 7) is 4.23. The number of fused-ring (bicyclic) bond motifs is 1. The van der Waals surface area contributed by atoms with Crippen molar-refractivity contribution >= 4 is 22.6 Å². The van der Waals surface area contributed by atoms with E-state index in [0.717, 1.165) is 38.5 Å². The number of rotatable bonds is 8. The maximum absolute atomic E-state index is 12.9. The molecule has 2 heterocycles. The molecule has 0 spiro atoms. The number of anilines is 1. The molecule has 1 saturated carbocycles. The number of hydrogen-bond acceptors (Lipinski definition) is 6. The Balaban J connectivity index is 1.46. The van der Waals surface area contributed by atoms with Crippen molar-refractivity contribution in [1.82, 2.24) is 19.7 Å². The molecule has 1 amide bonds. The van der Waals surface area contributed by atoms with Crippen LogP contribution in [-0.4, -0.2) is 39.9 Å². The first-order valence-electron chi connectivity index (χ1n) is 12.0. The van der Waals surface area contributed by atoms with Crippen LogP contribution in [-0.2, 0) is 4.79 Å². The number of methoxy groups -OCH3 is 2. The Morgan fingerprint density at radius 2 is 1.76 bits per heavy atom. The van der Waals surface area contributed by atoms with E-state index in [0.29, 0.717) is 34.0 Å². The molecule has 182 valence electrons. The molecule has 9 heteroatoms. The number of aromatic amines is 1. The van der Waals surface area contributed by atoms with Gasteiger partial charge in [0.15, 0.2) is 5.65 Å². The van der Waals surface area contributed by atoms with Gasteiger partial charge in [-0.25, -0.2) is 9.67 Å². The highest BCUT2D eigenvalue weighted by Gasteiger charge is 2.29.